The van der Waals surface area contributed by atoms with E-state index in [0.29, 0.717) is 0 Å². The summed E-state index contributed by atoms with van der Waals surface area (Å²) in [4.78, 5) is 0. The molecule has 3 aromatic carbocycles. The van der Waals surface area contributed by atoms with Gasteiger partial charge >= 0.3 is 140 Å². The molecule has 0 aliphatic carbocycles. The molecule has 0 N–H and O–H groups in total. The minimum atomic E-state index is -2.78. The zero-order chi connectivity index (χ0) is 15.5. The molecular formula is C20H20NiP. The quantitative estimate of drug-likeness (QED) is 0.493. The number of hydrogen-bond acceptors (Lipinski definition) is 0. The van der Waals surface area contributed by atoms with Crippen molar-refractivity contribution in [3.05, 3.63) is 91.0 Å². The fraction of sp³-hybridized carbons (Fsp3) is 0.100. The Morgan fingerprint density at radius 3 is 1.09 bits per heavy atom. The molecule has 0 aliphatic heterocycles. The first-order valence-corrected chi connectivity index (χ1v) is 11.1. The van der Waals surface area contributed by atoms with Gasteiger partial charge in [0, 0.05) is 0 Å². The molecule has 0 spiro atoms. The molecular weight excluding hydrogens is 330 g/mol. The summed E-state index contributed by atoms with van der Waals surface area (Å²) in [7, 11) is 0. The van der Waals surface area contributed by atoms with E-state index >= 15 is 0 Å². The standard InChI is InChI=1S/C20H20P.Ni/c1-2-21(18-12-6-3-7-13-18,19-14-8-4-9-15-19)20-16-10-5-11-17-20;/h3-17H,2H2,1H3;/q+1;-1. The molecule has 3 aromatic rings. The van der Waals surface area contributed by atoms with E-state index in [9.17, 15) is 0 Å². The summed E-state index contributed by atoms with van der Waals surface area (Å²) in [6, 6.07) is 32.1. The van der Waals surface area contributed by atoms with Crippen LogP contribution in [0.15, 0.2) is 91.0 Å². The average molecular weight is 350 g/mol. The van der Waals surface area contributed by atoms with Gasteiger partial charge in [-0.15, -0.1) is 0 Å². The first kappa shape index (κ1) is 15.5. The van der Waals surface area contributed by atoms with Gasteiger partial charge < -0.3 is 0 Å². The second-order valence-corrected chi connectivity index (χ2v) is 12.8. The maximum absolute atomic E-state index is 6.19. The Bertz CT molecular complexity index is 639. The van der Waals surface area contributed by atoms with E-state index in [0.717, 1.165) is 6.16 Å². The molecule has 0 atom stereocenters. The van der Waals surface area contributed by atoms with Gasteiger partial charge in [0.2, 0.25) is 0 Å². The number of benzene rings is 3. The normalized spacial score (nSPS) is 13.3. The monoisotopic (exact) mass is 349 g/mol. The van der Waals surface area contributed by atoms with E-state index in [2.05, 4.69) is 97.9 Å². The van der Waals surface area contributed by atoms with Crippen molar-refractivity contribution < 1.29 is 15.0 Å². The van der Waals surface area contributed by atoms with E-state index in [1.54, 1.807) is 0 Å². The third kappa shape index (κ3) is 2.25. The van der Waals surface area contributed by atoms with Crippen LogP contribution in [0.25, 0.3) is 0 Å². The number of hydrogen-bond donors (Lipinski definition) is 0. The Balaban J connectivity index is 2.41. The SMILES string of the molecule is CC[P]([Ni])(c1ccccc1)(c1ccccc1)c1ccccc1. The molecule has 0 heterocycles. The van der Waals surface area contributed by atoms with Crippen molar-refractivity contribution in [3.63, 3.8) is 0 Å². The fourth-order valence-electron chi connectivity index (χ4n) is 3.18. The van der Waals surface area contributed by atoms with Gasteiger partial charge in [-0.1, -0.05) is 0 Å². The van der Waals surface area contributed by atoms with Gasteiger partial charge in [0.25, 0.3) is 0 Å². The van der Waals surface area contributed by atoms with Crippen LogP contribution >= 0.6 is 5.38 Å². The molecule has 0 radical (unpaired) electrons. The van der Waals surface area contributed by atoms with Crippen molar-refractivity contribution >= 4 is 21.3 Å². The van der Waals surface area contributed by atoms with Crippen molar-refractivity contribution in [3.8, 4) is 0 Å². The minimum absolute atomic E-state index is 0.962. The molecule has 115 valence electrons. The summed E-state index contributed by atoms with van der Waals surface area (Å²) in [6.07, 6.45) is 0.962. The predicted octanol–water partition coefficient (Wildman–Crippen LogP) is 4.00. The van der Waals surface area contributed by atoms with Gasteiger partial charge in [-0.2, -0.15) is 0 Å². The Morgan fingerprint density at radius 1 is 0.591 bits per heavy atom. The molecule has 0 bridgehead atoms. The van der Waals surface area contributed by atoms with Gasteiger partial charge in [0.05, 0.1) is 0 Å². The van der Waals surface area contributed by atoms with Crippen LogP contribution in [0, 0.1) is 0 Å². The second-order valence-electron chi connectivity index (χ2n) is 5.44. The van der Waals surface area contributed by atoms with E-state index in [1.807, 2.05) is 0 Å². The molecule has 22 heavy (non-hydrogen) atoms. The van der Waals surface area contributed by atoms with Crippen LogP contribution in [0.2, 0.25) is 0 Å². The summed E-state index contributed by atoms with van der Waals surface area (Å²) in [6.45, 7) is 2.24. The van der Waals surface area contributed by atoms with Gasteiger partial charge in [-0.3, -0.25) is 0 Å². The summed E-state index contributed by atoms with van der Waals surface area (Å²) in [5.74, 6) is 0. The maximum atomic E-state index is 6.19. The molecule has 0 fully saturated rings. The molecule has 0 saturated heterocycles. The van der Waals surface area contributed by atoms with Crippen LogP contribution in [0.3, 0.4) is 0 Å². The Kier molecular flexibility index (Phi) is 4.22. The molecule has 0 aromatic heterocycles. The van der Waals surface area contributed by atoms with Crippen molar-refractivity contribution in [2.24, 2.45) is 0 Å². The topological polar surface area (TPSA) is 0 Å². The second kappa shape index (κ2) is 6.00. The fourth-order valence-corrected chi connectivity index (χ4v) is 8.82. The Morgan fingerprint density at radius 2 is 0.864 bits per heavy atom. The van der Waals surface area contributed by atoms with Crippen molar-refractivity contribution in [2.45, 2.75) is 6.92 Å². The summed E-state index contributed by atoms with van der Waals surface area (Å²) >= 11 is 6.19. The van der Waals surface area contributed by atoms with Crippen molar-refractivity contribution in [1.29, 1.82) is 0 Å². The van der Waals surface area contributed by atoms with E-state index < -0.39 is 5.38 Å². The Hall–Kier alpha value is -1.42. The predicted molar refractivity (Wildman–Crippen MR) is 95.7 cm³/mol. The molecule has 0 nitrogen and oxygen atoms in total. The van der Waals surface area contributed by atoms with Crippen LogP contribution in [0.1, 0.15) is 6.92 Å². The third-order valence-electron chi connectivity index (χ3n) is 4.41. The van der Waals surface area contributed by atoms with Crippen LogP contribution < -0.4 is 15.9 Å². The van der Waals surface area contributed by atoms with Crippen molar-refractivity contribution in [2.75, 3.05) is 6.16 Å². The molecule has 3 rings (SSSR count). The van der Waals surface area contributed by atoms with Crippen LogP contribution in [-0.4, -0.2) is 6.16 Å². The first-order valence-electron chi connectivity index (χ1n) is 7.57. The van der Waals surface area contributed by atoms with Gasteiger partial charge in [0.15, 0.2) is 0 Å². The molecule has 0 amide bonds. The third-order valence-corrected chi connectivity index (χ3v) is 12.8. The summed E-state index contributed by atoms with van der Waals surface area (Å²) in [5.41, 5.74) is 0. The molecule has 0 aliphatic rings. The molecule has 0 saturated carbocycles. The van der Waals surface area contributed by atoms with E-state index in [1.165, 1.54) is 15.9 Å². The van der Waals surface area contributed by atoms with Gasteiger partial charge in [0.1, 0.15) is 0 Å². The summed E-state index contributed by atoms with van der Waals surface area (Å²) < 4.78 is 0. The zero-order valence-electron chi connectivity index (χ0n) is 12.6. The van der Waals surface area contributed by atoms with Gasteiger partial charge in [-0.25, -0.2) is 0 Å². The Labute approximate surface area is 140 Å². The van der Waals surface area contributed by atoms with Crippen LogP contribution in [0.4, 0.5) is 0 Å². The van der Waals surface area contributed by atoms with E-state index in [4.69, 9.17) is 15.0 Å². The zero-order valence-corrected chi connectivity index (χ0v) is 14.5. The average Bonchev–Trinajstić information content (AvgIpc) is 2.63. The van der Waals surface area contributed by atoms with Gasteiger partial charge in [-0.05, 0) is 0 Å². The molecule has 2 heteroatoms. The van der Waals surface area contributed by atoms with Crippen LogP contribution in [0.5, 0.6) is 0 Å². The van der Waals surface area contributed by atoms with E-state index in [-0.39, 0.29) is 0 Å². The summed E-state index contributed by atoms with van der Waals surface area (Å²) in [5, 5.41) is 1.12. The first-order chi connectivity index (χ1) is 10.7. The van der Waals surface area contributed by atoms with Crippen molar-refractivity contribution in [1.82, 2.24) is 0 Å². The number of rotatable bonds is 4. The van der Waals surface area contributed by atoms with Crippen LogP contribution in [-0.2, 0) is 15.0 Å². The molecule has 0 unspecified atom stereocenters.